The molecular formula is C18H18N2O4. The average Bonchev–Trinajstić information content (AvgIpc) is 3.03. The van der Waals surface area contributed by atoms with Crippen LogP contribution in [-0.2, 0) is 22.7 Å². The molecule has 0 aliphatic rings. The predicted octanol–water partition coefficient (Wildman–Crippen LogP) is 2.85. The lowest BCUT2D eigenvalue weighted by Gasteiger charge is -2.04. The molecule has 0 fully saturated rings. The van der Waals surface area contributed by atoms with Crippen molar-refractivity contribution in [2.45, 2.75) is 13.2 Å². The van der Waals surface area contributed by atoms with Crippen LogP contribution in [0.5, 0.6) is 5.75 Å². The Kier molecular flexibility index (Phi) is 4.77. The number of ether oxygens (including phenoxy) is 3. The van der Waals surface area contributed by atoms with E-state index in [1.54, 1.807) is 30.0 Å². The fourth-order valence-corrected chi connectivity index (χ4v) is 2.36. The van der Waals surface area contributed by atoms with Crippen LogP contribution >= 0.6 is 0 Å². The smallest absolute Gasteiger partial charge is 0.337 e. The molecule has 24 heavy (non-hydrogen) atoms. The van der Waals surface area contributed by atoms with Gasteiger partial charge in [-0.25, -0.2) is 9.31 Å². The van der Waals surface area contributed by atoms with Gasteiger partial charge in [-0.05, 0) is 35.9 Å². The van der Waals surface area contributed by atoms with Gasteiger partial charge in [-0.1, -0.05) is 12.1 Å². The fraction of sp³-hybridized carbons (Fsp3) is 0.222. The molecule has 0 saturated carbocycles. The highest BCUT2D eigenvalue weighted by atomic mass is 16.5. The Morgan fingerprint density at radius 3 is 2.58 bits per heavy atom. The quantitative estimate of drug-likeness (QED) is 0.652. The Hall–Kier alpha value is -2.86. The molecule has 124 valence electrons. The average molecular weight is 326 g/mol. The third kappa shape index (κ3) is 3.55. The Morgan fingerprint density at radius 1 is 1.08 bits per heavy atom. The van der Waals surface area contributed by atoms with Gasteiger partial charge in [0, 0.05) is 6.20 Å². The number of hydrogen-bond donors (Lipinski definition) is 0. The zero-order chi connectivity index (χ0) is 16.9. The number of nitrogens with zero attached hydrogens (tertiary/aromatic N) is 2. The van der Waals surface area contributed by atoms with Crippen molar-refractivity contribution in [3.8, 4) is 5.75 Å². The standard InChI is InChI=1S/C18H18N2O4/c1-22-17-5-3-13(4-6-17)11-24-12-15-10-16-9-14(18(21)23-2)7-8-20(16)19-15/h3-10H,11-12H2,1-2H3. The summed E-state index contributed by atoms with van der Waals surface area (Å²) in [6, 6.07) is 13.0. The van der Waals surface area contributed by atoms with Crippen LogP contribution in [0.1, 0.15) is 21.6 Å². The summed E-state index contributed by atoms with van der Waals surface area (Å²) in [4.78, 5) is 11.6. The molecule has 6 nitrogen and oxygen atoms in total. The van der Waals surface area contributed by atoms with Crippen molar-refractivity contribution >= 4 is 11.5 Å². The lowest BCUT2D eigenvalue weighted by Crippen LogP contribution is -2.01. The lowest BCUT2D eigenvalue weighted by molar-refractivity contribution is 0.0600. The monoisotopic (exact) mass is 326 g/mol. The van der Waals surface area contributed by atoms with Crippen molar-refractivity contribution in [3.63, 3.8) is 0 Å². The number of aromatic nitrogens is 2. The molecule has 0 aliphatic heterocycles. The summed E-state index contributed by atoms with van der Waals surface area (Å²) >= 11 is 0. The molecule has 6 heteroatoms. The third-order valence-electron chi connectivity index (χ3n) is 3.61. The van der Waals surface area contributed by atoms with Gasteiger partial charge in [0.05, 0.1) is 44.2 Å². The van der Waals surface area contributed by atoms with Crippen LogP contribution in [0, 0.1) is 0 Å². The topological polar surface area (TPSA) is 62.1 Å². The summed E-state index contributed by atoms with van der Waals surface area (Å²) in [5.41, 5.74) is 3.18. The van der Waals surface area contributed by atoms with Crippen molar-refractivity contribution in [2.24, 2.45) is 0 Å². The molecule has 2 aromatic heterocycles. The predicted molar refractivity (Wildman–Crippen MR) is 88.0 cm³/mol. The molecule has 0 saturated heterocycles. The summed E-state index contributed by atoms with van der Waals surface area (Å²) in [5.74, 6) is 0.455. The van der Waals surface area contributed by atoms with Crippen LogP contribution in [0.3, 0.4) is 0 Å². The van der Waals surface area contributed by atoms with Crippen LogP contribution < -0.4 is 4.74 Å². The van der Waals surface area contributed by atoms with Crippen molar-refractivity contribution in [1.82, 2.24) is 9.61 Å². The summed E-state index contributed by atoms with van der Waals surface area (Å²) in [7, 11) is 3.00. The molecule has 0 spiro atoms. The second-order valence-electron chi connectivity index (χ2n) is 5.25. The number of methoxy groups -OCH3 is 2. The molecule has 0 unspecified atom stereocenters. The molecule has 0 bridgehead atoms. The zero-order valence-electron chi connectivity index (χ0n) is 13.6. The van der Waals surface area contributed by atoms with Gasteiger partial charge in [0.15, 0.2) is 0 Å². The van der Waals surface area contributed by atoms with Crippen molar-refractivity contribution in [3.05, 3.63) is 65.5 Å². The molecule has 0 aliphatic carbocycles. The molecule has 2 heterocycles. The maximum atomic E-state index is 11.6. The molecular weight excluding hydrogens is 308 g/mol. The van der Waals surface area contributed by atoms with E-state index in [4.69, 9.17) is 14.2 Å². The maximum Gasteiger partial charge on any atom is 0.337 e. The van der Waals surface area contributed by atoms with Crippen molar-refractivity contribution < 1.29 is 19.0 Å². The van der Waals surface area contributed by atoms with Crippen LogP contribution in [-0.4, -0.2) is 29.8 Å². The first-order chi connectivity index (χ1) is 11.7. The van der Waals surface area contributed by atoms with Gasteiger partial charge in [0.25, 0.3) is 0 Å². The first kappa shape index (κ1) is 16.0. The SMILES string of the molecule is COC(=O)c1ccn2nc(COCc3ccc(OC)cc3)cc2c1. The number of fused-ring (bicyclic) bond motifs is 1. The maximum absolute atomic E-state index is 11.6. The number of benzene rings is 1. The summed E-state index contributed by atoms with van der Waals surface area (Å²) in [5, 5.41) is 4.42. The first-order valence-corrected chi connectivity index (χ1v) is 7.47. The number of rotatable bonds is 6. The van der Waals surface area contributed by atoms with Crippen molar-refractivity contribution in [1.29, 1.82) is 0 Å². The largest absolute Gasteiger partial charge is 0.497 e. The van der Waals surface area contributed by atoms with E-state index in [1.165, 1.54) is 7.11 Å². The van der Waals surface area contributed by atoms with E-state index in [0.717, 1.165) is 22.5 Å². The third-order valence-corrected chi connectivity index (χ3v) is 3.61. The van der Waals surface area contributed by atoms with E-state index in [-0.39, 0.29) is 5.97 Å². The highest BCUT2D eigenvalue weighted by molar-refractivity contribution is 5.90. The second kappa shape index (κ2) is 7.14. The minimum Gasteiger partial charge on any atom is -0.497 e. The molecule has 0 amide bonds. The Labute approximate surface area is 139 Å². The van der Waals surface area contributed by atoms with E-state index >= 15 is 0 Å². The van der Waals surface area contributed by atoms with Crippen molar-refractivity contribution in [2.75, 3.05) is 14.2 Å². The van der Waals surface area contributed by atoms with Gasteiger partial charge in [-0.2, -0.15) is 5.10 Å². The number of pyridine rings is 1. The van der Waals surface area contributed by atoms with Gasteiger partial charge in [0.2, 0.25) is 0 Å². The van der Waals surface area contributed by atoms with Gasteiger partial charge < -0.3 is 14.2 Å². The van der Waals surface area contributed by atoms with Gasteiger partial charge >= 0.3 is 5.97 Å². The molecule has 1 aromatic carbocycles. The summed E-state index contributed by atoms with van der Waals surface area (Å²) in [6.45, 7) is 0.881. The van der Waals surface area contributed by atoms with Crippen LogP contribution in [0.25, 0.3) is 5.52 Å². The minimum absolute atomic E-state index is 0.365. The van der Waals surface area contributed by atoms with Gasteiger partial charge in [-0.15, -0.1) is 0 Å². The molecule has 0 atom stereocenters. The lowest BCUT2D eigenvalue weighted by atomic mass is 10.2. The van der Waals surface area contributed by atoms with Crippen LogP contribution in [0.4, 0.5) is 0 Å². The van der Waals surface area contributed by atoms with Crippen LogP contribution in [0.2, 0.25) is 0 Å². The summed E-state index contributed by atoms with van der Waals surface area (Å²) in [6.07, 6.45) is 1.73. The van der Waals surface area contributed by atoms with Gasteiger partial charge in [-0.3, -0.25) is 0 Å². The normalized spacial score (nSPS) is 10.8. The van der Waals surface area contributed by atoms with E-state index in [0.29, 0.717) is 18.8 Å². The highest BCUT2D eigenvalue weighted by Gasteiger charge is 2.08. The Bertz CT molecular complexity index is 840. The van der Waals surface area contributed by atoms with Crippen LogP contribution in [0.15, 0.2) is 48.7 Å². The van der Waals surface area contributed by atoms with E-state index < -0.39 is 0 Å². The number of carbonyl (C=O) groups is 1. The summed E-state index contributed by atoms with van der Waals surface area (Å²) < 4.78 is 17.3. The molecule has 0 N–H and O–H groups in total. The molecule has 3 aromatic rings. The number of esters is 1. The Morgan fingerprint density at radius 2 is 1.88 bits per heavy atom. The Balaban J connectivity index is 1.63. The molecule has 0 radical (unpaired) electrons. The second-order valence-corrected chi connectivity index (χ2v) is 5.25. The highest BCUT2D eigenvalue weighted by Crippen LogP contribution is 2.14. The van der Waals surface area contributed by atoms with Gasteiger partial charge in [0.1, 0.15) is 5.75 Å². The first-order valence-electron chi connectivity index (χ1n) is 7.47. The zero-order valence-corrected chi connectivity index (χ0v) is 13.6. The number of carbonyl (C=O) groups excluding carboxylic acids is 1. The molecule has 3 rings (SSSR count). The fourth-order valence-electron chi connectivity index (χ4n) is 2.36. The number of hydrogen-bond acceptors (Lipinski definition) is 5. The van der Waals surface area contributed by atoms with E-state index in [9.17, 15) is 4.79 Å². The van der Waals surface area contributed by atoms with E-state index in [1.807, 2.05) is 30.3 Å². The minimum atomic E-state index is -0.365. The van der Waals surface area contributed by atoms with E-state index in [2.05, 4.69) is 5.10 Å².